The van der Waals surface area contributed by atoms with E-state index in [1.54, 1.807) is 13.0 Å². The third-order valence-corrected chi connectivity index (χ3v) is 5.55. The number of amides is 1. The van der Waals surface area contributed by atoms with E-state index in [2.05, 4.69) is 5.32 Å². The van der Waals surface area contributed by atoms with Gasteiger partial charge in [-0.2, -0.15) is 5.10 Å². The minimum Gasteiger partial charge on any atom is -0.322 e. The normalized spacial score (nSPS) is 11.0. The summed E-state index contributed by atoms with van der Waals surface area (Å²) in [5.74, 6) is -1.40. The van der Waals surface area contributed by atoms with Gasteiger partial charge in [0.05, 0.1) is 11.2 Å². The van der Waals surface area contributed by atoms with E-state index in [1.165, 1.54) is 30.3 Å². The van der Waals surface area contributed by atoms with E-state index < -0.39 is 17.5 Å². The van der Waals surface area contributed by atoms with Crippen LogP contribution in [0.2, 0.25) is 0 Å². The van der Waals surface area contributed by atoms with Crippen LogP contribution in [0.1, 0.15) is 15.9 Å². The lowest BCUT2D eigenvalue weighted by atomic mass is 9.99. The van der Waals surface area contributed by atoms with Gasteiger partial charge in [0.15, 0.2) is 0 Å². The molecule has 0 saturated heterocycles. The quantitative estimate of drug-likeness (QED) is 0.346. The predicted molar refractivity (Wildman–Crippen MR) is 126 cm³/mol. The number of nitrogens with zero attached hydrogens (tertiary/aromatic N) is 2. The van der Waals surface area contributed by atoms with Crippen molar-refractivity contribution in [3.63, 3.8) is 0 Å². The van der Waals surface area contributed by atoms with Crippen LogP contribution in [0.3, 0.4) is 0 Å². The number of para-hydroxylation sites is 2. The third-order valence-electron chi connectivity index (χ3n) is 5.55. The third kappa shape index (κ3) is 3.87. The van der Waals surface area contributed by atoms with Gasteiger partial charge in [0.1, 0.15) is 17.3 Å². The Bertz CT molecular complexity index is 1480. The summed E-state index contributed by atoms with van der Waals surface area (Å²) in [5.41, 5.74) is 3.84. The number of carbonyl (C=O) groups excluding carboxylic acids is 1. The van der Waals surface area contributed by atoms with Crippen LogP contribution in [-0.4, -0.2) is 15.7 Å². The number of carbonyl (C=O) groups is 1. The molecule has 0 spiro atoms. The Morgan fingerprint density at radius 2 is 1.58 bits per heavy atom. The maximum absolute atomic E-state index is 14.9. The molecule has 0 fully saturated rings. The van der Waals surface area contributed by atoms with Crippen molar-refractivity contribution in [2.45, 2.75) is 6.92 Å². The summed E-state index contributed by atoms with van der Waals surface area (Å²) in [6.45, 7) is 1.67. The Hall–Kier alpha value is -4.32. The number of hydrogen-bond donors (Lipinski definition) is 1. The Morgan fingerprint density at radius 1 is 0.879 bits per heavy atom. The number of halogens is 2. The van der Waals surface area contributed by atoms with Crippen molar-refractivity contribution in [1.82, 2.24) is 9.78 Å². The molecule has 162 valence electrons. The topological polar surface area (TPSA) is 46.9 Å². The van der Waals surface area contributed by atoms with Crippen molar-refractivity contribution in [2.75, 3.05) is 5.32 Å². The average molecular weight is 439 g/mol. The lowest BCUT2D eigenvalue weighted by molar-refractivity contribution is 0.102. The smallest absolute Gasteiger partial charge is 0.255 e. The summed E-state index contributed by atoms with van der Waals surface area (Å²) in [4.78, 5) is 12.8. The van der Waals surface area contributed by atoms with Crippen molar-refractivity contribution >= 4 is 22.5 Å². The van der Waals surface area contributed by atoms with Crippen LogP contribution in [-0.2, 0) is 0 Å². The highest BCUT2D eigenvalue weighted by Crippen LogP contribution is 2.33. The SMILES string of the molecule is Cc1c(F)cc(C(=O)Nc2ccc(F)cc2)cc1-c1nn(-c2ccccc2)c2ccccc12. The van der Waals surface area contributed by atoms with Gasteiger partial charge in [0.2, 0.25) is 0 Å². The lowest BCUT2D eigenvalue weighted by Crippen LogP contribution is -2.13. The lowest BCUT2D eigenvalue weighted by Gasteiger charge is -2.10. The molecule has 0 radical (unpaired) electrons. The fourth-order valence-corrected chi connectivity index (χ4v) is 3.82. The monoisotopic (exact) mass is 439 g/mol. The minimum absolute atomic E-state index is 0.149. The molecular weight excluding hydrogens is 420 g/mol. The highest BCUT2D eigenvalue weighted by Gasteiger charge is 2.19. The van der Waals surface area contributed by atoms with Gasteiger partial charge in [0.25, 0.3) is 5.91 Å². The van der Waals surface area contributed by atoms with Gasteiger partial charge < -0.3 is 5.32 Å². The molecule has 1 amide bonds. The van der Waals surface area contributed by atoms with Crippen molar-refractivity contribution in [3.8, 4) is 16.9 Å². The number of hydrogen-bond acceptors (Lipinski definition) is 2. The second-order valence-corrected chi connectivity index (χ2v) is 7.70. The zero-order chi connectivity index (χ0) is 22.9. The van der Waals surface area contributed by atoms with Gasteiger partial charge >= 0.3 is 0 Å². The maximum Gasteiger partial charge on any atom is 0.255 e. The van der Waals surface area contributed by atoms with Crippen molar-refractivity contribution in [1.29, 1.82) is 0 Å². The first-order chi connectivity index (χ1) is 16.0. The molecule has 0 atom stereocenters. The highest BCUT2D eigenvalue weighted by molar-refractivity contribution is 6.06. The minimum atomic E-state index is -0.505. The van der Waals surface area contributed by atoms with E-state index in [0.29, 0.717) is 22.5 Å². The molecule has 5 rings (SSSR count). The first-order valence-electron chi connectivity index (χ1n) is 10.4. The van der Waals surface area contributed by atoms with Gasteiger partial charge in [-0.05, 0) is 67.1 Å². The van der Waals surface area contributed by atoms with Gasteiger partial charge in [-0.15, -0.1) is 0 Å². The Kier molecular flexibility index (Phi) is 5.18. The molecular formula is C27H19F2N3O. The Balaban J connectivity index is 1.62. The number of anilines is 1. The molecule has 1 aromatic heterocycles. The van der Waals surface area contributed by atoms with Crippen molar-refractivity contribution in [3.05, 3.63) is 114 Å². The van der Waals surface area contributed by atoms with Gasteiger partial charge in [-0.1, -0.05) is 36.4 Å². The molecule has 0 unspecified atom stereocenters. The Labute approximate surface area is 189 Å². The number of fused-ring (bicyclic) bond motifs is 1. The summed E-state index contributed by atoms with van der Waals surface area (Å²) in [5, 5.41) is 8.33. The van der Waals surface area contributed by atoms with E-state index in [4.69, 9.17) is 5.10 Å². The van der Waals surface area contributed by atoms with Crippen LogP contribution < -0.4 is 5.32 Å². The van der Waals surface area contributed by atoms with Crippen LogP contribution in [0.15, 0.2) is 91.0 Å². The average Bonchev–Trinajstić information content (AvgIpc) is 3.22. The zero-order valence-electron chi connectivity index (χ0n) is 17.7. The van der Waals surface area contributed by atoms with Crippen molar-refractivity contribution in [2.24, 2.45) is 0 Å². The van der Waals surface area contributed by atoms with Gasteiger partial charge in [-0.3, -0.25) is 4.79 Å². The molecule has 6 heteroatoms. The molecule has 4 nitrogen and oxygen atoms in total. The fraction of sp³-hybridized carbons (Fsp3) is 0.0370. The number of nitrogens with one attached hydrogen (secondary N) is 1. The second kappa shape index (κ2) is 8.31. The highest BCUT2D eigenvalue weighted by atomic mass is 19.1. The second-order valence-electron chi connectivity index (χ2n) is 7.70. The Morgan fingerprint density at radius 3 is 2.33 bits per heavy atom. The van der Waals surface area contributed by atoms with Gasteiger partial charge in [0, 0.05) is 22.2 Å². The van der Waals surface area contributed by atoms with E-state index in [-0.39, 0.29) is 5.56 Å². The summed E-state index contributed by atoms with van der Waals surface area (Å²) < 4.78 is 29.9. The molecule has 1 N–H and O–H groups in total. The van der Waals surface area contributed by atoms with E-state index in [9.17, 15) is 13.6 Å². The van der Waals surface area contributed by atoms with Crippen LogP contribution >= 0.6 is 0 Å². The van der Waals surface area contributed by atoms with E-state index in [1.807, 2.05) is 59.3 Å². The summed E-state index contributed by atoms with van der Waals surface area (Å²) >= 11 is 0. The van der Waals surface area contributed by atoms with E-state index in [0.717, 1.165) is 16.6 Å². The molecule has 0 aliphatic rings. The summed E-state index contributed by atoms with van der Waals surface area (Å²) in [7, 11) is 0. The van der Waals surface area contributed by atoms with Crippen LogP contribution in [0.25, 0.3) is 27.8 Å². The van der Waals surface area contributed by atoms with Gasteiger partial charge in [-0.25, -0.2) is 13.5 Å². The van der Waals surface area contributed by atoms with Crippen molar-refractivity contribution < 1.29 is 13.6 Å². The standard InChI is InChI=1S/C27H19F2N3O/c1-17-23(15-18(16-24(17)29)27(33)30-20-13-11-19(28)12-14-20)26-22-9-5-6-10-25(22)32(31-26)21-7-3-2-4-8-21/h2-16H,1H3,(H,30,33). The molecule has 1 heterocycles. The van der Waals surface area contributed by atoms with E-state index >= 15 is 0 Å². The molecule has 5 aromatic rings. The maximum atomic E-state index is 14.9. The number of benzene rings is 4. The summed E-state index contributed by atoms with van der Waals surface area (Å²) in [6, 6.07) is 25.6. The molecule has 33 heavy (non-hydrogen) atoms. The number of rotatable bonds is 4. The molecule has 0 aliphatic carbocycles. The molecule has 4 aromatic carbocycles. The van der Waals surface area contributed by atoms with Crippen LogP contribution in [0.4, 0.5) is 14.5 Å². The molecule has 0 saturated carbocycles. The zero-order valence-corrected chi connectivity index (χ0v) is 17.7. The fourth-order valence-electron chi connectivity index (χ4n) is 3.82. The largest absolute Gasteiger partial charge is 0.322 e. The number of aromatic nitrogens is 2. The first kappa shape index (κ1) is 20.6. The first-order valence-corrected chi connectivity index (χ1v) is 10.4. The van der Waals surface area contributed by atoms with Crippen LogP contribution in [0, 0.1) is 18.6 Å². The van der Waals surface area contributed by atoms with Crippen LogP contribution in [0.5, 0.6) is 0 Å². The predicted octanol–water partition coefficient (Wildman–Crippen LogP) is 6.53. The molecule has 0 bridgehead atoms. The molecule has 0 aliphatic heterocycles. The summed E-state index contributed by atoms with van der Waals surface area (Å²) in [6.07, 6.45) is 0.